The number of amidine groups is 1. The molecule has 2 fully saturated rings. The highest BCUT2D eigenvalue weighted by Gasteiger charge is 2.41. The van der Waals surface area contributed by atoms with Gasteiger partial charge < -0.3 is 15.4 Å². The van der Waals surface area contributed by atoms with Crippen LogP contribution in [0.3, 0.4) is 0 Å². The molecule has 0 radical (unpaired) electrons. The summed E-state index contributed by atoms with van der Waals surface area (Å²) in [6.07, 6.45) is 10.0. The minimum Gasteiger partial charge on any atom is -0.388 e. The summed E-state index contributed by atoms with van der Waals surface area (Å²) in [5.74, 6) is 0.274. The number of rotatable bonds is 5. The highest BCUT2D eigenvalue weighted by atomic mass is 16.5. The predicted molar refractivity (Wildman–Crippen MR) is 78.5 cm³/mol. The summed E-state index contributed by atoms with van der Waals surface area (Å²) in [5, 5.41) is 7.38. The van der Waals surface area contributed by atoms with Crippen LogP contribution >= 0.6 is 0 Å². The fourth-order valence-electron chi connectivity index (χ4n) is 3.56. The van der Waals surface area contributed by atoms with E-state index in [1.807, 2.05) is 0 Å². The second-order valence-electron chi connectivity index (χ2n) is 6.54. The van der Waals surface area contributed by atoms with Gasteiger partial charge in [0.2, 0.25) is 0 Å². The second kappa shape index (κ2) is 6.23. The maximum Gasteiger partial charge on any atom is 0.0920 e. The lowest BCUT2D eigenvalue weighted by Gasteiger charge is -2.34. The van der Waals surface area contributed by atoms with Crippen molar-refractivity contribution in [3.05, 3.63) is 0 Å². The Kier molecular flexibility index (Phi) is 4.85. The van der Waals surface area contributed by atoms with Crippen molar-refractivity contribution in [2.45, 2.75) is 76.0 Å². The molecule has 0 aromatic rings. The third-order valence-corrected chi connectivity index (χ3v) is 4.86. The molecule has 3 N–H and O–H groups in total. The van der Waals surface area contributed by atoms with Crippen molar-refractivity contribution in [1.82, 2.24) is 4.90 Å². The van der Waals surface area contributed by atoms with Gasteiger partial charge >= 0.3 is 0 Å². The molecule has 1 saturated heterocycles. The molecular formula is C15H29N3O. The Morgan fingerprint density at radius 1 is 1.37 bits per heavy atom. The lowest BCUT2D eigenvalue weighted by molar-refractivity contribution is -0.0721. The maximum atomic E-state index is 7.38. The Bertz CT molecular complexity index is 313. The molecule has 2 atom stereocenters. The molecular weight excluding hydrogens is 238 g/mol. The van der Waals surface area contributed by atoms with Crippen molar-refractivity contribution in [2.75, 3.05) is 13.6 Å². The first-order valence-electron chi connectivity index (χ1n) is 7.72. The SMILES string of the molecule is CC(CC(=N)N)N(C)CC1CCC2(CCCCC2)O1. The van der Waals surface area contributed by atoms with Gasteiger partial charge in [0.1, 0.15) is 0 Å². The summed E-state index contributed by atoms with van der Waals surface area (Å²) in [6, 6.07) is 0.323. The summed E-state index contributed by atoms with van der Waals surface area (Å²) >= 11 is 0. The van der Waals surface area contributed by atoms with Crippen LogP contribution in [0.4, 0.5) is 0 Å². The summed E-state index contributed by atoms with van der Waals surface area (Å²) in [5.41, 5.74) is 5.69. The first-order valence-corrected chi connectivity index (χ1v) is 7.72. The Balaban J connectivity index is 1.79. The Morgan fingerprint density at radius 3 is 2.68 bits per heavy atom. The highest BCUT2D eigenvalue weighted by molar-refractivity contribution is 5.77. The van der Waals surface area contributed by atoms with Crippen LogP contribution in [0.1, 0.15) is 58.3 Å². The normalized spacial score (nSPS) is 27.8. The zero-order valence-corrected chi connectivity index (χ0v) is 12.5. The first-order chi connectivity index (χ1) is 9.01. The Morgan fingerprint density at radius 2 is 2.05 bits per heavy atom. The molecule has 2 aliphatic rings. The van der Waals surface area contributed by atoms with E-state index in [0.717, 1.165) is 6.54 Å². The van der Waals surface area contributed by atoms with Gasteiger partial charge in [-0.3, -0.25) is 5.41 Å². The van der Waals surface area contributed by atoms with Crippen molar-refractivity contribution < 1.29 is 4.74 Å². The third-order valence-electron chi connectivity index (χ3n) is 4.86. The van der Waals surface area contributed by atoms with Gasteiger partial charge in [-0.25, -0.2) is 0 Å². The van der Waals surface area contributed by atoms with Gasteiger partial charge in [-0.1, -0.05) is 19.3 Å². The van der Waals surface area contributed by atoms with E-state index < -0.39 is 0 Å². The molecule has 2 rings (SSSR count). The first kappa shape index (κ1) is 14.8. The van der Waals surface area contributed by atoms with E-state index in [1.54, 1.807) is 0 Å². The van der Waals surface area contributed by atoms with Gasteiger partial charge in [0, 0.05) is 19.0 Å². The molecule has 2 unspecified atom stereocenters. The van der Waals surface area contributed by atoms with E-state index in [9.17, 15) is 0 Å². The summed E-state index contributed by atoms with van der Waals surface area (Å²) in [7, 11) is 2.11. The van der Waals surface area contributed by atoms with Crippen LogP contribution in [0.2, 0.25) is 0 Å². The Hall–Kier alpha value is -0.610. The number of ether oxygens (including phenoxy) is 1. The molecule has 1 saturated carbocycles. The number of nitrogens with two attached hydrogens (primary N) is 1. The molecule has 0 amide bonds. The van der Waals surface area contributed by atoms with Gasteiger partial charge in [0.25, 0.3) is 0 Å². The van der Waals surface area contributed by atoms with Crippen molar-refractivity contribution in [1.29, 1.82) is 5.41 Å². The van der Waals surface area contributed by atoms with E-state index >= 15 is 0 Å². The second-order valence-corrected chi connectivity index (χ2v) is 6.54. The van der Waals surface area contributed by atoms with Crippen LogP contribution in [0.15, 0.2) is 0 Å². The summed E-state index contributed by atoms with van der Waals surface area (Å²) in [6.45, 7) is 3.10. The lowest BCUT2D eigenvalue weighted by atomic mass is 9.83. The van der Waals surface area contributed by atoms with E-state index in [-0.39, 0.29) is 11.4 Å². The quantitative estimate of drug-likeness (QED) is 0.594. The van der Waals surface area contributed by atoms with Crippen molar-refractivity contribution >= 4 is 5.84 Å². The molecule has 1 heterocycles. The van der Waals surface area contributed by atoms with Crippen LogP contribution in [0.25, 0.3) is 0 Å². The molecule has 0 aromatic heterocycles. The molecule has 1 aliphatic carbocycles. The molecule has 4 nitrogen and oxygen atoms in total. The average Bonchev–Trinajstić information content (AvgIpc) is 2.72. The van der Waals surface area contributed by atoms with Gasteiger partial charge in [-0.2, -0.15) is 0 Å². The summed E-state index contributed by atoms with van der Waals surface area (Å²) in [4.78, 5) is 2.29. The van der Waals surface area contributed by atoms with Crippen LogP contribution in [0, 0.1) is 5.41 Å². The van der Waals surface area contributed by atoms with Crippen LogP contribution in [-0.2, 0) is 4.74 Å². The van der Waals surface area contributed by atoms with Crippen LogP contribution in [0.5, 0.6) is 0 Å². The minimum atomic E-state index is 0.216. The molecule has 1 aliphatic heterocycles. The predicted octanol–water partition coefficient (Wildman–Crippen LogP) is 2.51. The Labute approximate surface area is 117 Å². The number of likely N-dealkylation sites (N-methyl/N-ethyl adjacent to an activating group) is 1. The zero-order valence-electron chi connectivity index (χ0n) is 12.5. The standard InChI is InChI=1S/C15H29N3O/c1-12(10-14(16)17)18(2)11-13-6-9-15(19-13)7-4-3-5-8-15/h12-13H,3-11H2,1-2H3,(H3,16,17). The molecule has 4 heteroatoms. The lowest BCUT2D eigenvalue weighted by Crippen LogP contribution is -2.39. The number of nitrogens with one attached hydrogen (secondary N) is 1. The van der Waals surface area contributed by atoms with E-state index in [2.05, 4.69) is 18.9 Å². The molecule has 110 valence electrons. The highest BCUT2D eigenvalue weighted by Crippen LogP contribution is 2.42. The average molecular weight is 267 g/mol. The van der Waals surface area contributed by atoms with E-state index in [4.69, 9.17) is 15.9 Å². The topological polar surface area (TPSA) is 62.3 Å². The van der Waals surface area contributed by atoms with E-state index in [0.29, 0.717) is 18.6 Å². The number of hydrogen-bond donors (Lipinski definition) is 2. The fraction of sp³-hybridized carbons (Fsp3) is 0.933. The fourth-order valence-corrected chi connectivity index (χ4v) is 3.56. The van der Waals surface area contributed by atoms with E-state index in [1.165, 1.54) is 44.9 Å². The third kappa shape index (κ3) is 3.93. The maximum absolute atomic E-state index is 7.38. The smallest absolute Gasteiger partial charge is 0.0920 e. The molecule has 0 aromatic carbocycles. The number of nitrogens with zero attached hydrogens (tertiary/aromatic N) is 1. The molecule has 1 spiro atoms. The summed E-state index contributed by atoms with van der Waals surface area (Å²) < 4.78 is 6.39. The van der Waals surface area contributed by atoms with Crippen molar-refractivity contribution in [3.8, 4) is 0 Å². The molecule has 0 bridgehead atoms. The van der Waals surface area contributed by atoms with Gasteiger partial charge in [-0.15, -0.1) is 0 Å². The largest absolute Gasteiger partial charge is 0.388 e. The number of hydrogen-bond acceptors (Lipinski definition) is 3. The monoisotopic (exact) mass is 267 g/mol. The van der Waals surface area contributed by atoms with Gasteiger partial charge in [-0.05, 0) is 39.7 Å². The minimum absolute atomic E-state index is 0.216. The van der Waals surface area contributed by atoms with Gasteiger partial charge in [0.15, 0.2) is 0 Å². The van der Waals surface area contributed by atoms with Gasteiger partial charge in [0.05, 0.1) is 17.5 Å². The van der Waals surface area contributed by atoms with Crippen molar-refractivity contribution in [3.63, 3.8) is 0 Å². The zero-order chi connectivity index (χ0) is 13.9. The van der Waals surface area contributed by atoms with Crippen molar-refractivity contribution in [2.24, 2.45) is 5.73 Å². The molecule has 19 heavy (non-hydrogen) atoms. The van der Waals surface area contributed by atoms with Crippen LogP contribution < -0.4 is 5.73 Å². The van der Waals surface area contributed by atoms with Crippen LogP contribution in [-0.4, -0.2) is 42.1 Å².